The van der Waals surface area contributed by atoms with E-state index in [0.29, 0.717) is 5.56 Å². The van der Waals surface area contributed by atoms with Crippen molar-refractivity contribution in [2.45, 2.75) is 19.8 Å². The van der Waals surface area contributed by atoms with Crippen LogP contribution in [0.25, 0.3) is 28.5 Å². The van der Waals surface area contributed by atoms with Crippen LogP contribution in [-0.4, -0.2) is 19.9 Å². The molecule has 0 amide bonds. The predicted octanol–water partition coefficient (Wildman–Crippen LogP) is 4.82. The van der Waals surface area contributed by atoms with Crippen molar-refractivity contribution >= 4 is 0 Å². The minimum atomic E-state index is -0.613. The first-order chi connectivity index (χ1) is 13.2. The van der Waals surface area contributed by atoms with Crippen molar-refractivity contribution in [3.05, 3.63) is 72.1 Å². The second-order valence-electron chi connectivity index (χ2n) is 6.05. The molecule has 0 saturated carbocycles. The summed E-state index contributed by atoms with van der Waals surface area (Å²) in [4.78, 5) is 4.26. The fraction of sp³-hybridized carbons (Fsp3) is 0.150. The SMILES string of the molecule is CCCc1c(-c2nc(-c3cc(F)ccc3F)no2)cnn1-c1ccccc1. The van der Waals surface area contributed by atoms with Gasteiger partial charge in [-0.15, -0.1) is 0 Å². The molecule has 27 heavy (non-hydrogen) atoms. The van der Waals surface area contributed by atoms with Crippen molar-refractivity contribution in [3.8, 4) is 28.5 Å². The Morgan fingerprint density at radius 2 is 1.85 bits per heavy atom. The van der Waals surface area contributed by atoms with Crippen LogP contribution in [0.4, 0.5) is 8.78 Å². The summed E-state index contributed by atoms with van der Waals surface area (Å²) in [6.45, 7) is 2.06. The third kappa shape index (κ3) is 3.23. The maximum atomic E-state index is 14.0. The van der Waals surface area contributed by atoms with Crippen LogP contribution in [-0.2, 0) is 6.42 Å². The summed E-state index contributed by atoms with van der Waals surface area (Å²) < 4.78 is 34.6. The Hall–Kier alpha value is -3.35. The van der Waals surface area contributed by atoms with E-state index in [9.17, 15) is 8.78 Å². The summed E-state index contributed by atoms with van der Waals surface area (Å²) >= 11 is 0. The first-order valence-electron chi connectivity index (χ1n) is 8.59. The van der Waals surface area contributed by atoms with E-state index in [1.807, 2.05) is 35.0 Å². The van der Waals surface area contributed by atoms with Crippen LogP contribution in [0.15, 0.2) is 59.3 Å². The molecule has 0 unspecified atom stereocenters. The number of hydrogen-bond acceptors (Lipinski definition) is 4. The van der Waals surface area contributed by atoms with Crippen LogP contribution in [0.2, 0.25) is 0 Å². The highest BCUT2D eigenvalue weighted by Crippen LogP contribution is 2.28. The Balaban J connectivity index is 1.77. The van der Waals surface area contributed by atoms with Gasteiger partial charge in [-0.3, -0.25) is 0 Å². The molecule has 0 fully saturated rings. The molecule has 2 aromatic heterocycles. The van der Waals surface area contributed by atoms with Gasteiger partial charge in [0.25, 0.3) is 5.89 Å². The first-order valence-corrected chi connectivity index (χ1v) is 8.59. The van der Waals surface area contributed by atoms with Gasteiger partial charge in [-0.1, -0.05) is 36.7 Å². The molecule has 0 bridgehead atoms. The van der Waals surface area contributed by atoms with Crippen molar-refractivity contribution in [1.29, 1.82) is 0 Å². The Morgan fingerprint density at radius 3 is 2.63 bits per heavy atom. The molecule has 0 aliphatic heterocycles. The molecular weight excluding hydrogens is 350 g/mol. The highest BCUT2D eigenvalue weighted by Gasteiger charge is 2.20. The molecule has 0 aliphatic carbocycles. The summed E-state index contributed by atoms with van der Waals surface area (Å²) in [6.07, 6.45) is 3.29. The van der Waals surface area contributed by atoms with Crippen molar-refractivity contribution in [2.75, 3.05) is 0 Å². The van der Waals surface area contributed by atoms with Crippen LogP contribution in [0, 0.1) is 11.6 Å². The number of hydrogen-bond donors (Lipinski definition) is 0. The smallest absolute Gasteiger partial charge is 0.261 e. The zero-order valence-corrected chi connectivity index (χ0v) is 14.6. The van der Waals surface area contributed by atoms with E-state index in [2.05, 4.69) is 22.2 Å². The monoisotopic (exact) mass is 366 g/mol. The minimum Gasteiger partial charge on any atom is -0.333 e. The Kier molecular flexibility index (Phi) is 4.50. The molecule has 136 valence electrons. The Morgan fingerprint density at radius 1 is 1.04 bits per heavy atom. The lowest BCUT2D eigenvalue weighted by atomic mass is 10.1. The maximum Gasteiger partial charge on any atom is 0.261 e. The summed E-state index contributed by atoms with van der Waals surface area (Å²) in [5.41, 5.74) is 2.47. The fourth-order valence-electron chi connectivity index (χ4n) is 2.93. The number of nitrogens with zero attached hydrogens (tertiary/aromatic N) is 4. The third-order valence-electron chi connectivity index (χ3n) is 4.18. The van der Waals surface area contributed by atoms with Gasteiger partial charge >= 0.3 is 0 Å². The summed E-state index contributed by atoms with van der Waals surface area (Å²) in [6, 6.07) is 12.8. The number of halogens is 2. The molecule has 2 heterocycles. The van der Waals surface area contributed by atoms with Crippen molar-refractivity contribution in [1.82, 2.24) is 19.9 Å². The standard InChI is InChI=1S/C20H16F2N4O/c1-2-6-18-16(12-23-26(18)14-7-4-3-5-8-14)20-24-19(25-27-20)15-11-13(21)9-10-17(15)22/h3-5,7-12H,2,6H2,1H3. The van der Waals surface area contributed by atoms with Gasteiger partial charge in [0.05, 0.1) is 28.7 Å². The topological polar surface area (TPSA) is 56.7 Å². The number of aromatic nitrogens is 4. The van der Waals surface area contributed by atoms with Gasteiger partial charge in [0, 0.05) is 0 Å². The Labute approximate surface area is 154 Å². The first kappa shape index (κ1) is 17.1. The van der Waals surface area contributed by atoms with Gasteiger partial charge in [0.2, 0.25) is 5.82 Å². The molecule has 0 spiro atoms. The van der Waals surface area contributed by atoms with Crippen LogP contribution >= 0.6 is 0 Å². The van der Waals surface area contributed by atoms with Crippen molar-refractivity contribution < 1.29 is 13.3 Å². The van der Waals surface area contributed by atoms with E-state index in [0.717, 1.165) is 42.4 Å². The molecule has 0 radical (unpaired) electrons. The van der Waals surface area contributed by atoms with Gasteiger partial charge in [0.15, 0.2) is 0 Å². The number of rotatable bonds is 5. The minimum absolute atomic E-state index is 0.00286. The number of benzene rings is 2. The van der Waals surface area contributed by atoms with Gasteiger partial charge < -0.3 is 4.52 Å². The predicted molar refractivity (Wildman–Crippen MR) is 96.2 cm³/mol. The third-order valence-corrected chi connectivity index (χ3v) is 4.18. The normalized spacial score (nSPS) is 11.1. The molecule has 4 rings (SSSR count). The molecule has 0 aliphatic rings. The van der Waals surface area contributed by atoms with Crippen LogP contribution in [0.1, 0.15) is 19.0 Å². The van der Waals surface area contributed by atoms with Gasteiger partial charge in [-0.25, -0.2) is 13.5 Å². The lowest BCUT2D eigenvalue weighted by Gasteiger charge is -2.07. The van der Waals surface area contributed by atoms with E-state index in [1.165, 1.54) is 0 Å². The highest BCUT2D eigenvalue weighted by atomic mass is 19.1. The van der Waals surface area contributed by atoms with Gasteiger partial charge in [-0.05, 0) is 36.8 Å². The number of para-hydroxylation sites is 1. The van der Waals surface area contributed by atoms with Gasteiger partial charge in [-0.2, -0.15) is 10.1 Å². The maximum absolute atomic E-state index is 14.0. The second-order valence-corrected chi connectivity index (χ2v) is 6.05. The highest BCUT2D eigenvalue weighted by molar-refractivity contribution is 5.62. The molecular formula is C20H16F2N4O. The molecule has 0 N–H and O–H groups in total. The molecule has 4 aromatic rings. The molecule has 5 nitrogen and oxygen atoms in total. The molecule has 0 atom stereocenters. The van der Waals surface area contributed by atoms with Crippen LogP contribution < -0.4 is 0 Å². The molecule has 7 heteroatoms. The zero-order valence-electron chi connectivity index (χ0n) is 14.6. The second kappa shape index (κ2) is 7.11. The average Bonchev–Trinajstić information content (AvgIpc) is 3.32. The van der Waals surface area contributed by atoms with Crippen LogP contribution in [0.3, 0.4) is 0 Å². The van der Waals surface area contributed by atoms with E-state index < -0.39 is 11.6 Å². The lowest BCUT2D eigenvalue weighted by Crippen LogP contribution is -2.02. The molecule has 2 aromatic carbocycles. The lowest BCUT2D eigenvalue weighted by molar-refractivity contribution is 0.431. The summed E-state index contributed by atoms with van der Waals surface area (Å²) in [5.74, 6) is -0.963. The van der Waals surface area contributed by atoms with Crippen LogP contribution in [0.5, 0.6) is 0 Å². The van der Waals surface area contributed by atoms with E-state index in [4.69, 9.17) is 4.52 Å². The quantitative estimate of drug-likeness (QED) is 0.508. The largest absolute Gasteiger partial charge is 0.333 e. The van der Waals surface area contributed by atoms with E-state index >= 15 is 0 Å². The van der Waals surface area contributed by atoms with Crippen molar-refractivity contribution in [2.24, 2.45) is 0 Å². The fourth-order valence-corrected chi connectivity index (χ4v) is 2.93. The zero-order chi connectivity index (χ0) is 18.8. The van der Waals surface area contributed by atoms with E-state index in [1.54, 1.807) is 6.20 Å². The van der Waals surface area contributed by atoms with Gasteiger partial charge in [0.1, 0.15) is 11.6 Å². The average molecular weight is 366 g/mol. The summed E-state index contributed by atoms with van der Waals surface area (Å²) in [5, 5.41) is 8.27. The summed E-state index contributed by atoms with van der Waals surface area (Å²) in [7, 11) is 0. The van der Waals surface area contributed by atoms with Crippen molar-refractivity contribution in [3.63, 3.8) is 0 Å². The molecule has 0 saturated heterocycles. The Bertz CT molecular complexity index is 1070. The van der Waals surface area contributed by atoms with E-state index in [-0.39, 0.29) is 17.3 Å².